The molecule has 4 heteroatoms. The Morgan fingerprint density at radius 3 is 2.42 bits per heavy atom. The number of benzene rings is 2. The lowest BCUT2D eigenvalue weighted by Crippen LogP contribution is -1.86. The second-order valence-corrected chi connectivity index (χ2v) is 6.95. The molecule has 0 fully saturated rings. The van der Waals surface area contributed by atoms with Crippen LogP contribution in [0, 0.1) is 11.3 Å². The van der Waals surface area contributed by atoms with E-state index in [9.17, 15) is 5.26 Å². The van der Waals surface area contributed by atoms with Crippen LogP contribution in [0.2, 0.25) is 0 Å². The van der Waals surface area contributed by atoms with Crippen LogP contribution in [0.4, 0.5) is 0 Å². The first-order valence-electron chi connectivity index (χ1n) is 5.84. The van der Waals surface area contributed by atoms with Crippen molar-refractivity contribution in [3.63, 3.8) is 0 Å². The summed E-state index contributed by atoms with van der Waals surface area (Å²) in [5, 5.41) is 9.38. The van der Waals surface area contributed by atoms with Gasteiger partial charge < -0.3 is 0 Å². The van der Waals surface area contributed by atoms with Gasteiger partial charge in [0.1, 0.15) is 6.07 Å². The van der Waals surface area contributed by atoms with Crippen LogP contribution in [0.1, 0.15) is 12.5 Å². The summed E-state index contributed by atoms with van der Waals surface area (Å²) < 4.78 is 1.05. The molecule has 0 aliphatic carbocycles. The van der Waals surface area contributed by atoms with E-state index >= 15 is 0 Å². The minimum atomic E-state index is 0.773. The van der Waals surface area contributed by atoms with Crippen molar-refractivity contribution in [1.82, 2.24) is 0 Å². The van der Waals surface area contributed by atoms with E-state index in [0.717, 1.165) is 30.5 Å². The molecular weight excluding hydrogens is 338 g/mol. The third kappa shape index (κ3) is 3.56. The Labute approximate surface area is 130 Å². The van der Waals surface area contributed by atoms with Crippen LogP contribution in [0.25, 0.3) is 0 Å². The van der Waals surface area contributed by atoms with Crippen molar-refractivity contribution in [3.8, 4) is 6.07 Å². The molecule has 0 amide bonds. The molecule has 0 unspecified atom stereocenters. The van der Waals surface area contributed by atoms with Crippen LogP contribution in [0.5, 0.6) is 0 Å². The van der Waals surface area contributed by atoms with Gasteiger partial charge in [0, 0.05) is 19.2 Å². The Kier molecular flexibility index (Phi) is 5.38. The molecule has 0 aliphatic heterocycles. The largest absolute Gasteiger partial charge is 0.192 e. The molecule has 1 nitrogen and oxygen atoms in total. The third-order valence-corrected chi connectivity index (χ3v) is 5.49. The fraction of sp³-hybridized carbons (Fsp3) is 0.133. The second-order valence-electron chi connectivity index (χ2n) is 3.71. The molecule has 96 valence electrons. The summed E-state index contributed by atoms with van der Waals surface area (Å²) in [5.74, 6) is 0.970. The van der Waals surface area contributed by atoms with Crippen LogP contribution < -0.4 is 0 Å². The standard InChI is InChI=1S/C15H12BrNS2/c1-2-18-13-8-5-9-14(11(13)10-17)19-15-7-4-3-6-12(15)16/h3-9H,2H2,1H3. The summed E-state index contributed by atoms with van der Waals surface area (Å²) in [5.41, 5.74) is 0.773. The first-order valence-corrected chi connectivity index (χ1v) is 8.44. The van der Waals surface area contributed by atoms with E-state index in [1.54, 1.807) is 23.5 Å². The summed E-state index contributed by atoms with van der Waals surface area (Å²) >= 11 is 6.87. The first kappa shape index (κ1) is 14.5. The molecule has 0 radical (unpaired) electrons. The molecule has 19 heavy (non-hydrogen) atoms. The van der Waals surface area contributed by atoms with Crippen molar-refractivity contribution in [2.75, 3.05) is 5.75 Å². The van der Waals surface area contributed by atoms with Gasteiger partial charge in [0.2, 0.25) is 0 Å². The van der Waals surface area contributed by atoms with E-state index in [0.29, 0.717) is 0 Å². The SMILES string of the molecule is CCSc1cccc(Sc2ccccc2Br)c1C#N. The summed E-state index contributed by atoms with van der Waals surface area (Å²) in [4.78, 5) is 3.19. The van der Waals surface area contributed by atoms with Gasteiger partial charge in [-0.05, 0) is 45.9 Å². The topological polar surface area (TPSA) is 23.8 Å². The van der Waals surface area contributed by atoms with Crippen LogP contribution in [0.3, 0.4) is 0 Å². The van der Waals surface area contributed by atoms with Crippen molar-refractivity contribution in [1.29, 1.82) is 5.26 Å². The second kappa shape index (κ2) is 7.04. The van der Waals surface area contributed by atoms with Gasteiger partial charge >= 0.3 is 0 Å². The highest BCUT2D eigenvalue weighted by atomic mass is 79.9. The summed E-state index contributed by atoms with van der Waals surface area (Å²) in [6, 6.07) is 16.4. The molecule has 2 aromatic rings. The third-order valence-electron chi connectivity index (χ3n) is 2.46. The molecule has 0 atom stereocenters. The van der Waals surface area contributed by atoms with Crippen molar-refractivity contribution < 1.29 is 0 Å². The quantitative estimate of drug-likeness (QED) is 0.672. The lowest BCUT2D eigenvalue weighted by Gasteiger charge is -2.09. The number of halogens is 1. The minimum absolute atomic E-state index is 0.773. The lowest BCUT2D eigenvalue weighted by molar-refractivity contribution is 1.25. The fourth-order valence-corrected chi connectivity index (χ4v) is 3.96. The highest BCUT2D eigenvalue weighted by Gasteiger charge is 2.10. The monoisotopic (exact) mass is 349 g/mol. The Bertz CT molecular complexity index is 620. The summed E-state index contributed by atoms with van der Waals surface area (Å²) in [7, 11) is 0. The molecule has 2 rings (SSSR count). The Hall–Kier alpha value is -0.890. The molecule has 2 aromatic carbocycles. The minimum Gasteiger partial charge on any atom is -0.192 e. The lowest BCUT2D eigenvalue weighted by atomic mass is 10.2. The molecule has 0 N–H and O–H groups in total. The highest BCUT2D eigenvalue weighted by molar-refractivity contribution is 9.10. The predicted octanol–water partition coefficient (Wildman–Crippen LogP) is 5.58. The van der Waals surface area contributed by atoms with E-state index in [2.05, 4.69) is 35.0 Å². The van der Waals surface area contributed by atoms with E-state index in [4.69, 9.17) is 0 Å². The van der Waals surface area contributed by atoms with Crippen LogP contribution in [-0.2, 0) is 0 Å². The zero-order chi connectivity index (χ0) is 13.7. The Morgan fingerprint density at radius 1 is 1.05 bits per heavy atom. The molecule has 0 aromatic heterocycles. The molecule has 0 bridgehead atoms. The highest BCUT2D eigenvalue weighted by Crippen LogP contribution is 2.37. The normalized spacial score (nSPS) is 10.2. The van der Waals surface area contributed by atoms with Gasteiger partial charge in [-0.1, -0.05) is 36.9 Å². The molecule has 0 heterocycles. The van der Waals surface area contributed by atoms with Crippen molar-refractivity contribution in [2.24, 2.45) is 0 Å². The average molecular weight is 350 g/mol. The molecular formula is C15H12BrNS2. The maximum absolute atomic E-state index is 9.38. The van der Waals surface area contributed by atoms with Crippen LogP contribution in [-0.4, -0.2) is 5.75 Å². The van der Waals surface area contributed by atoms with Crippen LogP contribution in [0.15, 0.2) is 61.6 Å². The number of thioether (sulfide) groups is 1. The zero-order valence-corrected chi connectivity index (χ0v) is 13.6. The number of hydrogen-bond acceptors (Lipinski definition) is 3. The van der Waals surface area contributed by atoms with Gasteiger partial charge in [0.15, 0.2) is 0 Å². The van der Waals surface area contributed by atoms with E-state index in [1.807, 2.05) is 36.4 Å². The molecule has 0 aliphatic rings. The Morgan fingerprint density at radius 2 is 1.74 bits per heavy atom. The van der Waals surface area contributed by atoms with Crippen molar-refractivity contribution in [3.05, 3.63) is 52.5 Å². The van der Waals surface area contributed by atoms with E-state index < -0.39 is 0 Å². The number of rotatable bonds is 4. The first-order chi connectivity index (χ1) is 9.26. The molecule has 0 spiro atoms. The maximum atomic E-state index is 9.38. The van der Waals surface area contributed by atoms with Gasteiger partial charge in [-0.15, -0.1) is 11.8 Å². The van der Waals surface area contributed by atoms with E-state index in [-0.39, 0.29) is 0 Å². The van der Waals surface area contributed by atoms with Gasteiger partial charge in [0.05, 0.1) is 5.56 Å². The van der Waals surface area contributed by atoms with Gasteiger partial charge in [0.25, 0.3) is 0 Å². The van der Waals surface area contributed by atoms with Gasteiger partial charge in [-0.3, -0.25) is 0 Å². The molecule has 0 saturated carbocycles. The average Bonchev–Trinajstić information content (AvgIpc) is 2.42. The van der Waals surface area contributed by atoms with Crippen molar-refractivity contribution >= 4 is 39.5 Å². The van der Waals surface area contributed by atoms with Gasteiger partial charge in [-0.2, -0.15) is 5.26 Å². The van der Waals surface area contributed by atoms with Crippen LogP contribution >= 0.6 is 39.5 Å². The fourth-order valence-electron chi connectivity index (χ4n) is 1.63. The predicted molar refractivity (Wildman–Crippen MR) is 85.8 cm³/mol. The number of hydrogen-bond donors (Lipinski definition) is 0. The number of nitrogens with zero attached hydrogens (tertiary/aromatic N) is 1. The van der Waals surface area contributed by atoms with Gasteiger partial charge in [-0.25, -0.2) is 0 Å². The summed E-state index contributed by atoms with van der Waals surface area (Å²) in [6.45, 7) is 2.10. The Balaban J connectivity index is 2.38. The molecule has 0 saturated heterocycles. The summed E-state index contributed by atoms with van der Waals surface area (Å²) in [6.07, 6.45) is 0. The maximum Gasteiger partial charge on any atom is 0.101 e. The smallest absolute Gasteiger partial charge is 0.101 e. The number of nitriles is 1. The van der Waals surface area contributed by atoms with E-state index in [1.165, 1.54) is 0 Å². The zero-order valence-electron chi connectivity index (χ0n) is 10.4. The van der Waals surface area contributed by atoms with Crippen molar-refractivity contribution in [2.45, 2.75) is 21.6 Å².